The molecule has 2 unspecified atom stereocenters. The lowest BCUT2D eigenvalue weighted by Gasteiger charge is -2.39. The molecule has 0 aromatic heterocycles. The first-order valence-corrected chi connectivity index (χ1v) is 5.60. The molecule has 0 amide bonds. The highest BCUT2D eigenvalue weighted by atomic mass is 19.4. The van der Waals surface area contributed by atoms with Gasteiger partial charge < -0.3 is 15.2 Å². The van der Waals surface area contributed by atoms with Gasteiger partial charge >= 0.3 is 12.1 Å². The molecule has 0 aromatic rings. The molecule has 2 atom stereocenters. The van der Waals surface area contributed by atoms with Crippen LogP contribution in [0.25, 0.3) is 0 Å². The zero-order valence-electron chi connectivity index (χ0n) is 10.1. The second kappa shape index (κ2) is 6.35. The monoisotopic (exact) mass is 270 g/mol. The Morgan fingerprint density at radius 3 is 2.78 bits per heavy atom. The van der Waals surface area contributed by atoms with E-state index in [1.807, 2.05) is 0 Å². The Bertz CT molecular complexity index is 286. The topological polar surface area (TPSA) is 64.8 Å². The number of carbonyl (C=O) groups excluding carboxylic acids is 1. The van der Waals surface area contributed by atoms with Crippen LogP contribution in [0.1, 0.15) is 6.42 Å². The summed E-state index contributed by atoms with van der Waals surface area (Å²) in [6, 6.07) is -2.77. The smallest absolute Gasteiger partial charge is 0.404 e. The standard InChI is InChI=1S/C10H17F3N2O3/c1-17-9(16)7-6-18-5-4-15(7)8(2-3-14)10(11,12)13/h7-8H,2-6,14H2,1H3. The summed E-state index contributed by atoms with van der Waals surface area (Å²) < 4.78 is 48.4. The molecule has 0 saturated carbocycles. The van der Waals surface area contributed by atoms with E-state index in [1.54, 1.807) is 0 Å². The Labute approximate surface area is 103 Å². The largest absolute Gasteiger partial charge is 0.468 e. The molecule has 0 spiro atoms. The third-order valence-corrected chi connectivity index (χ3v) is 2.86. The molecular weight excluding hydrogens is 253 g/mol. The molecular formula is C10H17F3N2O3. The van der Waals surface area contributed by atoms with Crippen LogP contribution in [0.2, 0.25) is 0 Å². The van der Waals surface area contributed by atoms with Crippen molar-refractivity contribution in [2.24, 2.45) is 5.73 Å². The van der Waals surface area contributed by atoms with Gasteiger partial charge in [-0.2, -0.15) is 13.2 Å². The zero-order valence-corrected chi connectivity index (χ0v) is 10.1. The van der Waals surface area contributed by atoms with Gasteiger partial charge in [0.25, 0.3) is 0 Å². The number of nitrogens with two attached hydrogens (primary N) is 1. The predicted octanol–water partition coefficient (Wildman–Crippen LogP) is 0.140. The molecule has 18 heavy (non-hydrogen) atoms. The summed E-state index contributed by atoms with van der Waals surface area (Å²) in [5, 5.41) is 0. The molecule has 1 fully saturated rings. The van der Waals surface area contributed by atoms with Gasteiger partial charge in [0.2, 0.25) is 0 Å². The molecule has 106 valence electrons. The Balaban J connectivity index is 2.88. The van der Waals surface area contributed by atoms with Crippen molar-refractivity contribution in [3.8, 4) is 0 Å². The van der Waals surface area contributed by atoms with E-state index < -0.39 is 24.2 Å². The number of esters is 1. The molecule has 5 nitrogen and oxygen atoms in total. The fourth-order valence-electron chi connectivity index (χ4n) is 2.00. The van der Waals surface area contributed by atoms with E-state index in [-0.39, 0.29) is 32.7 Å². The average Bonchev–Trinajstić information content (AvgIpc) is 2.33. The lowest BCUT2D eigenvalue weighted by molar-refractivity contribution is -0.206. The molecule has 1 aliphatic heterocycles. The third-order valence-electron chi connectivity index (χ3n) is 2.86. The van der Waals surface area contributed by atoms with Crippen molar-refractivity contribution in [3.63, 3.8) is 0 Å². The molecule has 1 heterocycles. The number of carbonyl (C=O) groups is 1. The van der Waals surface area contributed by atoms with Gasteiger partial charge in [0.1, 0.15) is 12.1 Å². The lowest BCUT2D eigenvalue weighted by Crippen LogP contribution is -2.59. The fraction of sp³-hybridized carbons (Fsp3) is 0.900. The van der Waals surface area contributed by atoms with Gasteiger partial charge in [-0.05, 0) is 13.0 Å². The van der Waals surface area contributed by atoms with E-state index >= 15 is 0 Å². The number of rotatable bonds is 4. The van der Waals surface area contributed by atoms with E-state index in [4.69, 9.17) is 10.5 Å². The number of hydrogen-bond acceptors (Lipinski definition) is 5. The number of alkyl halides is 3. The van der Waals surface area contributed by atoms with Crippen LogP contribution in [-0.2, 0) is 14.3 Å². The number of halogens is 3. The van der Waals surface area contributed by atoms with Gasteiger partial charge in [-0.1, -0.05) is 0 Å². The van der Waals surface area contributed by atoms with Crippen LogP contribution in [0, 0.1) is 0 Å². The Kier molecular flexibility index (Phi) is 5.36. The molecule has 0 radical (unpaired) electrons. The van der Waals surface area contributed by atoms with E-state index in [0.717, 1.165) is 12.0 Å². The predicted molar refractivity (Wildman–Crippen MR) is 56.8 cm³/mol. The van der Waals surface area contributed by atoms with Crippen molar-refractivity contribution < 1.29 is 27.4 Å². The van der Waals surface area contributed by atoms with E-state index in [0.29, 0.717) is 0 Å². The van der Waals surface area contributed by atoms with Crippen molar-refractivity contribution in [2.75, 3.05) is 33.4 Å². The highest BCUT2D eigenvalue weighted by Crippen LogP contribution is 2.29. The Morgan fingerprint density at radius 2 is 2.28 bits per heavy atom. The number of ether oxygens (including phenoxy) is 2. The van der Waals surface area contributed by atoms with Crippen molar-refractivity contribution >= 4 is 5.97 Å². The van der Waals surface area contributed by atoms with Crippen LogP contribution >= 0.6 is 0 Å². The van der Waals surface area contributed by atoms with Gasteiger partial charge in [0.15, 0.2) is 0 Å². The molecule has 0 bridgehead atoms. The van der Waals surface area contributed by atoms with Crippen LogP contribution in [-0.4, -0.2) is 62.5 Å². The first-order chi connectivity index (χ1) is 8.41. The van der Waals surface area contributed by atoms with E-state index in [1.165, 1.54) is 0 Å². The van der Waals surface area contributed by atoms with Crippen molar-refractivity contribution in [3.05, 3.63) is 0 Å². The maximum Gasteiger partial charge on any atom is 0.404 e. The van der Waals surface area contributed by atoms with Crippen LogP contribution in [0.15, 0.2) is 0 Å². The minimum atomic E-state index is -4.43. The Hall–Kier alpha value is -0.860. The highest BCUT2D eigenvalue weighted by molar-refractivity contribution is 5.76. The average molecular weight is 270 g/mol. The quantitative estimate of drug-likeness (QED) is 0.736. The number of nitrogens with zero attached hydrogens (tertiary/aromatic N) is 1. The summed E-state index contributed by atoms with van der Waals surface area (Å²) in [7, 11) is 1.14. The first-order valence-electron chi connectivity index (χ1n) is 5.60. The number of methoxy groups -OCH3 is 1. The van der Waals surface area contributed by atoms with E-state index in [2.05, 4.69) is 4.74 Å². The summed E-state index contributed by atoms with van der Waals surface area (Å²) in [5.74, 6) is -0.721. The van der Waals surface area contributed by atoms with Crippen molar-refractivity contribution in [2.45, 2.75) is 24.7 Å². The SMILES string of the molecule is COC(=O)C1COCCN1C(CCN)C(F)(F)F. The van der Waals surface area contributed by atoms with Crippen LogP contribution in [0.5, 0.6) is 0 Å². The van der Waals surface area contributed by atoms with Gasteiger partial charge in [-0.15, -0.1) is 0 Å². The molecule has 2 N–H and O–H groups in total. The molecule has 1 aliphatic rings. The molecule has 8 heteroatoms. The van der Waals surface area contributed by atoms with Crippen molar-refractivity contribution in [1.29, 1.82) is 0 Å². The third kappa shape index (κ3) is 3.56. The zero-order chi connectivity index (χ0) is 13.8. The van der Waals surface area contributed by atoms with Gasteiger partial charge in [0.05, 0.1) is 20.3 Å². The number of hydrogen-bond donors (Lipinski definition) is 1. The minimum absolute atomic E-state index is 0.0317. The summed E-state index contributed by atoms with van der Waals surface area (Å²) in [5.41, 5.74) is 5.21. The van der Waals surface area contributed by atoms with Crippen LogP contribution < -0.4 is 5.73 Å². The van der Waals surface area contributed by atoms with Crippen LogP contribution in [0.3, 0.4) is 0 Å². The normalized spacial score (nSPS) is 23.7. The highest BCUT2D eigenvalue weighted by Gasteiger charge is 2.47. The van der Waals surface area contributed by atoms with Gasteiger partial charge in [-0.3, -0.25) is 9.69 Å². The summed E-state index contributed by atoms with van der Waals surface area (Å²) in [4.78, 5) is 12.5. The second-order valence-electron chi connectivity index (χ2n) is 3.99. The molecule has 1 saturated heterocycles. The summed E-state index contributed by atoms with van der Waals surface area (Å²) >= 11 is 0. The van der Waals surface area contributed by atoms with Gasteiger partial charge in [0, 0.05) is 6.54 Å². The number of morpholine rings is 1. The van der Waals surface area contributed by atoms with Gasteiger partial charge in [-0.25, -0.2) is 0 Å². The maximum absolute atomic E-state index is 12.9. The maximum atomic E-state index is 12.9. The Morgan fingerprint density at radius 1 is 1.61 bits per heavy atom. The first kappa shape index (κ1) is 15.2. The van der Waals surface area contributed by atoms with Crippen molar-refractivity contribution in [1.82, 2.24) is 4.90 Å². The fourth-order valence-corrected chi connectivity index (χ4v) is 2.00. The molecule has 1 rings (SSSR count). The molecule has 0 aliphatic carbocycles. The lowest BCUT2D eigenvalue weighted by atomic mass is 10.1. The van der Waals surface area contributed by atoms with E-state index in [9.17, 15) is 18.0 Å². The van der Waals surface area contributed by atoms with Crippen LogP contribution in [0.4, 0.5) is 13.2 Å². The summed E-state index contributed by atoms with van der Waals surface area (Å²) in [6.07, 6.45) is -4.68. The minimum Gasteiger partial charge on any atom is -0.468 e. The second-order valence-corrected chi connectivity index (χ2v) is 3.99. The summed E-state index contributed by atoms with van der Waals surface area (Å²) in [6.45, 7) is -0.00611. The molecule has 0 aromatic carbocycles.